The van der Waals surface area contributed by atoms with Crippen molar-refractivity contribution in [3.05, 3.63) is 29.6 Å². The third-order valence-electron chi connectivity index (χ3n) is 6.09. The molecule has 2 heteroatoms. The Kier molecular flexibility index (Phi) is 3.41. The highest BCUT2D eigenvalue weighted by Gasteiger charge is 2.49. The van der Waals surface area contributed by atoms with Crippen LogP contribution in [0.15, 0.2) is 18.3 Å². The van der Waals surface area contributed by atoms with Crippen LogP contribution in [0.1, 0.15) is 43.4 Å². The number of nitrogens with zero attached hydrogens (tertiary/aromatic N) is 1. The second kappa shape index (κ2) is 5.12. The Balaban J connectivity index is 1.48. The molecule has 4 bridgehead atoms. The first-order valence-corrected chi connectivity index (χ1v) is 9.16. The Morgan fingerprint density at radius 2 is 1.75 bits per heavy atom. The number of aryl methyl sites for hydroxylation is 1. The third kappa shape index (κ3) is 2.34. The van der Waals surface area contributed by atoms with Crippen molar-refractivity contribution in [2.24, 2.45) is 29.6 Å². The summed E-state index contributed by atoms with van der Waals surface area (Å²) in [7, 11) is 0. The fourth-order valence-corrected chi connectivity index (χ4v) is 6.71. The fraction of sp³-hybridized carbons (Fsp3) is 0.722. The van der Waals surface area contributed by atoms with Gasteiger partial charge in [0.2, 0.25) is 0 Å². The highest BCUT2D eigenvalue weighted by molar-refractivity contribution is 9.09. The van der Waals surface area contributed by atoms with Gasteiger partial charge >= 0.3 is 0 Å². The molecule has 4 aliphatic carbocycles. The van der Waals surface area contributed by atoms with Crippen molar-refractivity contribution in [2.45, 2.75) is 50.3 Å². The van der Waals surface area contributed by atoms with Crippen LogP contribution in [0.2, 0.25) is 0 Å². The van der Waals surface area contributed by atoms with E-state index in [1.54, 1.807) is 6.42 Å². The molecule has 1 nitrogen and oxygen atoms in total. The van der Waals surface area contributed by atoms with Crippen LogP contribution >= 0.6 is 15.9 Å². The number of aromatic nitrogens is 1. The molecule has 4 fully saturated rings. The Bertz CT molecular complexity index is 453. The summed E-state index contributed by atoms with van der Waals surface area (Å²) in [5.41, 5.74) is 2.51. The average Bonchev–Trinajstić information content (AvgIpc) is 2.40. The molecule has 1 aromatic heterocycles. The molecular weight excluding hydrogens is 310 g/mol. The zero-order valence-corrected chi connectivity index (χ0v) is 13.8. The average molecular weight is 334 g/mol. The highest BCUT2D eigenvalue weighted by Crippen LogP contribution is 2.58. The number of halogens is 1. The first-order chi connectivity index (χ1) is 9.69. The predicted octanol–water partition coefficient (Wildman–Crippen LogP) is 4.77. The molecule has 0 aromatic carbocycles. The molecule has 1 aromatic rings. The van der Waals surface area contributed by atoms with Gasteiger partial charge in [-0.3, -0.25) is 4.98 Å². The van der Waals surface area contributed by atoms with E-state index in [-0.39, 0.29) is 0 Å². The standard InChI is InChI=1S/C18H24BrN/c1-11-2-3-16(20-10-11)9-17(19)18-14-5-12-4-13(7-14)8-15(18)6-12/h2-3,10,12-15,17-18H,4-9H2,1H3. The first-order valence-electron chi connectivity index (χ1n) is 8.24. The lowest BCUT2D eigenvalue weighted by Gasteiger charge is -2.55. The van der Waals surface area contributed by atoms with Gasteiger partial charge in [-0.25, -0.2) is 0 Å². The van der Waals surface area contributed by atoms with Gasteiger partial charge in [-0.05, 0) is 80.2 Å². The molecule has 0 aliphatic heterocycles. The van der Waals surface area contributed by atoms with E-state index in [0.717, 1.165) is 36.0 Å². The number of hydrogen-bond donors (Lipinski definition) is 0. The summed E-state index contributed by atoms with van der Waals surface area (Å²) < 4.78 is 0. The van der Waals surface area contributed by atoms with Gasteiger partial charge in [0, 0.05) is 23.1 Å². The lowest BCUT2D eigenvalue weighted by Crippen LogP contribution is -2.48. The van der Waals surface area contributed by atoms with Crippen LogP contribution in [0.4, 0.5) is 0 Å². The summed E-state index contributed by atoms with van der Waals surface area (Å²) >= 11 is 4.04. The van der Waals surface area contributed by atoms with E-state index in [2.05, 4.69) is 40.0 Å². The molecule has 1 atom stereocenters. The zero-order valence-electron chi connectivity index (χ0n) is 12.3. The molecular formula is C18H24BrN. The van der Waals surface area contributed by atoms with Gasteiger partial charge < -0.3 is 0 Å². The predicted molar refractivity (Wildman–Crippen MR) is 85.9 cm³/mol. The Hall–Kier alpha value is -0.370. The van der Waals surface area contributed by atoms with Crippen LogP contribution < -0.4 is 0 Å². The zero-order chi connectivity index (χ0) is 13.7. The van der Waals surface area contributed by atoms with E-state index in [0.29, 0.717) is 4.83 Å². The summed E-state index contributed by atoms with van der Waals surface area (Å²) in [5.74, 6) is 5.06. The molecule has 4 saturated carbocycles. The summed E-state index contributed by atoms with van der Waals surface area (Å²) in [6.07, 6.45) is 10.7. The SMILES string of the molecule is Cc1ccc(CC(Br)C2C3CC4CC(C3)CC2C4)nc1. The molecule has 0 amide bonds. The molecule has 4 aliphatic rings. The van der Waals surface area contributed by atoms with E-state index < -0.39 is 0 Å². The van der Waals surface area contributed by atoms with E-state index in [9.17, 15) is 0 Å². The lowest BCUT2D eigenvalue weighted by atomic mass is 9.51. The largest absolute Gasteiger partial charge is 0.261 e. The topological polar surface area (TPSA) is 12.9 Å². The minimum atomic E-state index is 0.632. The van der Waals surface area contributed by atoms with Gasteiger partial charge in [-0.15, -0.1) is 0 Å². The van der Waals surface area contributed by atoms with Gasteiger partial charge in [0.25, 0.3) is 0 Å². The van der Waals surface area contributed by atoms with E-state index in [4.69, 9.17) is 0 Å². The first kappa shape index (κ1) is 13.3. The number of rotatable bonds is 3. The van der Waals surface area contributed by atoms with Crippen LogP contribution in [0.5, 0.6) is 0 Å². The molecule has 0 spiro atoms. The van der Waals surface area contributed by atoms with Gasteiger partial charge in [-0.1, -0.05) is 22.0 Å². The Morgan fingerprint density at radius 1 is 1.10 bits per heavy atom. The normalized spacial score (nSPS) is 40.0. The molecule has 1 heterocycles. The van der Waals surface area contributed by atoms with Gasteiger partial charge in [0.15, 0.2) is 0 Å². The maximum absolute atomic E-state index is 4.60. The lowest BCUT2D eigenvalue weighted by molar-refractivity contribution is -0.0361. The van der Waals surface area contributed by atoms with Gasteiger partial charge in [0.1, 0.15) is 0 Å². The molecule has 0 saturated heterocycles. The summed E-state index contributed by atoms with van der Waals surface area (Å²) in [6, 6.07) is 4.40. The van der Waals surface area contributed by atoms with E-state index >= 15 is 0 Å². The maximum Gasteiger partial charge on any atom is 0.0415 e. The van der Waals surface area contributed by atoms with Crippen molar-refractivity contribution < 1.29 is 0 Å². The van der Waals surface area contributed by atoms with Crippen molar-refractivity contribution in [3.63, 3.8) is 0 Å². The van der Waals surface area contributed by atoms with Crippen molar-refractivity contribution in [2.75, 3.05) is 0 Å². The van der Waals surface area contributed by atoms with Crippen molar-refractivity contribution >= 4 is 15.9 Å². The van der Waals surface area contributed by atoms with Crippen molar-refractivity contribution in [3.8, 4) is 0 Å². The summed E-state index contributed by atoms with van der Waals surface area (Å²) in [6.45, 7) is 2.11. The minimum absolute atomic E-state index is 0.632. The fourth-order valence-electron chi connectivity index (χ4n) is 5.51. The van der Waals surface area contributed by atoms with Crippen LogP contribution in [-0.2, 0) is 6.42 Å². The summed E-state index contributed by atoms with van der Waals surface area (Å²) in [4.78, 5) is 5.23. The smallest absolute Gasteiger partial charge is 0.0415 e. The monoisotopic (exact) mass is 333 g/mol. The Morgan fingerprint density at radius 3 is 2.30 bits per heavy atom. The molecule has 5 rings (SSSR count). The number of pyridine rings is 1. The van der Waals surface area contributed by atoms with Gasteiger partial charge in [-0.2, -0.15) is 0 Å². The molecule has 20 heavy (non-hydrogen) atoms. The minimum Gasteiger partial charge on any atom is -0.261 e. The summed E-state index contributed by atoms with van der Waals surface area (Å²) in [5, 5.41) is 0. The van der Waals surface area contributed by atoms with Crippen LogP contribution in [0.3, 0.4) is 0 Å². The van der Waals surface area contributed by atoms with Crippen LogP contribution in [0.25, 0.3) is 0 Å². The van der Waals surface area contributed by atoms with Crippen LogP contribution in [0, 0.1) is 36.5 Å². The molecule has 0 N–H and O–H groups in total. The quantitative estimate of drug-likeness (QED) is 0.726. The molecule has 0 radical (unpaired) electrons. The third-order valence-corrected chi connectivity index (χ3v) is 7.03. The van der Waals surface area contributed by atoms with E-state index in [1.165, 1.54) is 36.9 Å². The second-order valence-corrected chi connectivity index (χ2v) is 8.73. The molecule has 108 valence electrons. The number of hydrogen-bond acceptors (Lipinski definition) is 1. The highest BCUT2D eigenvalue weighted by atomic mass is 79.9. The van der Waals surface area contributed by atoms with Crippen molar-refractivity contribution in [1.29, 1.82) is 0 Å². The second-order valence-electron chi connectivity index (χ2n) is 7.56. The maximum atomic E-state index is 4.60. The van der Waals surface area contributed by atoms with Crippen molar-refractivity contribution in [1.82, 2.24) is 4.98 Å². The molecule has 1 unspecified atom stereocenters. The van der Waals surface area contributed by atoms with Crippen LogP contribution in [-0.4, -0.2) is 9.81 Å². The van der Waals surface area contributed by atoms with Gasteiger partial charge in [0.05, 0.1) is 0 Å². The Labute approximate surface area is 130 Å². The number of alkyl halides is 1. The van der Waals surface area contributed by atoms with E-state index in [1.807, 2.05) is 6.20 Å².